The third-order valence-corrected chi connectivity index (χ3v) is 2.55. The molecular formula is C10H10I2O2. The minimum absolute atomic E-state index is 0.149. The van der Waals surface area contributed by atoms with Crippen LogP contribution in [-0.4, -0.2) is 8.22 Å². The second kappa shape index (κ2) is 6.49. The number of hydrogen-bond acceptors (Lipinski definition) is 2. The molecule has 2 nitrogen and oxygen atoms in total. The Hall–Kier alpha value is 0.0200. The van der Waals surface area contributed by atoms with Crippen molar-refractivity contribution in [3.05, 3.63) is 49.0 Å². The minimum Gasteiger partial charge on any atom is -0.497 e. The Morgan fingerprint density at radius 1 is 1.00 bits per heavy atom. The predicted molar refractivity (Wildman–Crippen MR) is 74.4 cm³/mol. The van der Waals surface area contributed by atoms with Crippen molar-refractivity contribution in [2.75, 3.05) is 6.61 Å². The first kappa shape index (κ1) is 12.1. The Bertz CT molecular complexity index is 266. The summed E-state index contributed by atoms with van der Waals surface area (Å²) >= 11 is 4.43. The highest BCUT2D eigenvalue weighted by Crippen LogP contribution is 2.32. The zero-order chi connectivity index (χ0) is 10.3. The smallest absolute Gasteiger partial charge is 0.226 e. The molecule has 0 spiro atoms. The number of ether oxygens (including phenoxy) is 2. The Labute approximate surface area is 111 Å². The van der Waals surface area contributed by atoms with Gasteiger partial charge in [-0.3, -0.25) is 0 Å². The van der Waals surface area contributed by atoms with Crippen LogP contribution in [0.25, 0.3) is 0 Å². The average Bonchev–Trinajstić information content (AvgIpc) is 2.21. The molecule has 2 aliphatic heterocycles. The van der Waals surface area contributed by atoms with Gasteiger partial charge in [0, 0.05) is 0 Å². The van der Waals surface area contributed by atoms with Crippen LogP contribution in [0.4, 0.5) is 0 Å². The standard InChI is InChI=1S/C5H4I2O.C5H6O/c6-5(7)3-1-2-4-8-5;1-2-4-6-5-3-1/h1-4H;1-4H,5H2. The molecule has 0 fully saturated rings. The van der Waals surface area contributed by atoms with Crippen molar-refractivity contribution in [3.63, 3.8) is 0 Å². The van der Waals surface area contributed by atoms with Crippen molar-refractivity contribution in [1.29, 1.82) is 0 Å². The highest BCUT2D eigenvalue weighted by atomic mass is 127. The summed E-state index contributed by atoms with van der Waals surface area (Å²) in [4.78, 5) is 0. The van der Waals surface area contributed by atoms with Gasteiger partial charge in [0.1, 0.15) is 6.61 Å². The molecule has 2 heterocycles. The van der Waals surface area contributed by atoms with Crippen molar-refractivity contribution < 1.29 is 9.47 Å². The van der Waals surface area contributed by atoms with Gasteiger partial charge >= 0.3 is 0 Å². The summed E-state index contributed by atoms with van der Waals surface area (Å²) in [5, 5.41) is 0. The van der Waals surface area contributed by atoms with Crippen molar-refractivity contribution in [2.45, 2.75) is 1.61 Å². The van der Waals surface area contributed by atoms with E-state index in [4.69, 9.17) is 9.47 Å². The Kier molecular flexibility index (Phi) is 5.61. The summed E-state index contributed by atoms with van der Waals surface area (Å²) in [5.41, 5.74) is 0. The van der Waals surface area contributed by atoms with Gasteiger partial charge in [-0.15, -0.1) is 0 Å². The van der Waals surface area contributed by atoms with Crippen molar-refractivity contribution in [2.24, 2.45) is 0 Å². The average molecular weight is 416 g/mol. The lowest BCUT2D eigenvalue weighted by atomic mass is 10.5. The van der Waals surface area contributed by atoms with Crippen molar-refractivity contribution in [3.8, 4) is 0 Å². The lowest BCUT2D eigenvalue weighted by molar-refractivity contribution is 0.257. The number of halogens is 2. The summed E-state index contributed by atoms with van der Waals surface area (Å²) in [7, 11) is 0. The molecule has 2 rings (SSSR count). The predicted octanol–water partition coefficient (Wildman–Crippen LogP) is 3.70. The van der Waals surface area contributed by atoms with E-state index in [1.807, 2.05) is 36.5 Å². The maximum atomic E-state index is 5.17. The number of allylic oxidation sites excluding steroid dienone is 4. The first-order chi connectivity index (χ1) is 6.71. The van der Waals surface area contributed by atoms with Crippen LogP contribution in [0.1, 0.15) is 0 Å². The lowest BCUT2D eigenvalue weighted by Crippen LogP contribution is -2.09. The highest BCUT2D eigenvalue weighted by Gasteiger charge is 2.18. The molecule has 0 saturated heterocycles. The number of hydrogen-bond donors (Lipinski definition) is 0. The zero-order valence-electron chi connectivity index (χ0n) is 7.40. The fourth-order valence-corrected chi connectivity index (χ4v) is 1.44. The van der Waals surface area contributed by atoms with Crippen molar-refractivity contribution in [1.82, 2.24) is 0 Å². The lowest BCUT2D eigenvalue weighted by Gasteiger charge is -2.16. The van der Waals surface area contributed by atoms with E-state index in [-0.39, 0.29) is 1.61 Å². The molecule has 14 heavy (non-hydrogen) atoms. The molecule has 0 aliphatic carbocycles. The molecule has 0 radical (unpaired) electrons. The van der Waals surface area contributed by atoms with E-state index in [1.165, 1.54) is 0 Å². The van der Waals surface area contributed by atoms with Gasteiger partial charge in [-0.1, -0.05) is 12.2 Å². The molecule has 0 amide bonds. The second-order valence-electron chi connectivity index (χ2n) is 2.46. The SMILES string of the molecule is C1=CCOC=C1.IC1(I)C=CC=CO1. The second-order valence-corrected chi connectivity index (χ2v) is 7.73. The van der Waals surface area contributed by atoms with Gasteiger partial charge in [0.15, 0.2) is 0 Å². The third kappa shape index (κ3) is 5.69. The van der Waals surface area contributed by atoms with E-state index in [1.54, 1.807) is 12.5 Å². The van der Waals surface area contributed by atoms with Crippen LogP contribution in [0.3, 0.4) is 0 Å². The minimum atomic E-state index is -0.149. The molecule has 0 bridgehead atoms. The fraction of sp³-hybridized carbons (Fsp3) is 0.200. The summed E-state index contributed by atoms with van der Waals surface area (Å²) in [6.45, 7) is 0.733. The van der Waals surface area contributed by atoms with Crippen LogP contribution in [0, 0.1) is 0 Å². The maximum absolute atomic E-state index is 5.17. The molecule has 2 aliphatic rings. The quantitative estimate of drug-likeness (QED) is 0.443. The molecule has 0 unspecified atom stereocenters. The zero-order valence-corrected chi connectivity index (χ0v) is 11.7. The molecule has 0 aromatic carbocycles. The monoisotopic (exact) mass is 416 g/mol. The molecular weight excluding hydrogens is 406 g/mol. The maximum Gasteiger partial charge on any atom is 0.226 e. The molecule has 4 heteroatoms. The highest BCUT2D eigenvalue weighted by molar-refractivity contribution is 14.2. The summed E-state index contributed by atoms with van der Waals surface area (Å²) in [6.07, 6.45) is 15.0. The van der Waals surface area contributed by atoms with Gasteiger partial charge in [0.2, 0.25) is 1.61 Å². The fourth-order valence-electron chi connectivity index (χ4n) is 0.728. The first-order valence-electron chi connectivity index (χ1n) is 4.04. The largest absolute Gasteiger partial charge is 0.497 e. The topological polar surface area (TPSA) is 18.5 Å². The van der Waals surface area contributed by atoms with Crippen LogP contribution in [0.15, 0.2) is 49.0 Å². The van der Waals surface area contributed by atoms with Crippen LogP contribution < -0.4 is 0 Å². The van der Waals surface area contributed by atoms with Crippen LogP contribution in [0.2, 0.25) is 0 Å². The van der Waals surface area contributed by atoms with E-state index >= 15 is 0 Å². The Balaban J connectivity index is 0.000000146. The summed E-state index contributed by atoms with van der Waals surface area (Å²) < 4.78 is 9.82. The summed E-state index contributed by atoms with van der Waals surface area (Å²) in [6, 6.07) is 0. The van der Waals surface area contributed by atoms with E-state index in [0.717, 1.165) is 6.61 Å². The normalized spacial score (nSPS) is 20.4. The van der Waals surface area contributed by atoms with Gasteiger partial charge in [-0.05, 0) is 69.5 Å². The van der Waals surface area contributed by atoms with E-state index in [0.29, 0.717) is 0 Å². The Morgan fingerprint density at radius 2 is 1.79 bits per heavy atom. The molecule has 0 N–H and O–H groups in total. The van der Waals surface area contributed by atoms with Crippen molar-refractivity contribution >= 4 is 45.2 Å². The molecule has 0 atom stereocenters. The number of rotatable bonds is 0. The molecule has 0 aromatic heterocycles. The van der Waals surface area contributed by atoms with Gasteiger partial charge in [-0.25, -0.2) is 0 Å². The van der Waals surface area contributed by atoms with Crippen LogP contribution in [-0.2, 0) is 9.47 Å². The van der Waals surface area contributed by atoms with Gasteiger partial charge in [-0.2, -0.15) is 0 Å². The third-order valence-electron chi connectivity index (χ3n) is 1.32. The Morgan fingerprint density at radius 3 is 2.00 bits per heavy atom. The molecule has 76 valence electrons. The van der Waals surface area contributed by atoms with Gasteiger partial charge < -0.3 is 9.47 Å². The summed E-state index contributed by atoms with van der Waals surface area (Å²) in [5.74, 6) is 0. The first-order valence-corrected chi connectivity index (χ1v) is 6.20. The van der Waals surface area contributed by atoms with Crippen LogP contribution >= 0.6 is 45.2 Å². The van der Waals surface area contributed by atoms with Gasteiger partial charge in [0.05, 0.1) is 12.5 Å². The van der Waals surface area contributed by atoms with E-state index < -0.39 is 0 Å². The van der Waals surface area contributed by atoms with Crippen LogP contribution in [0.5, 0.6) is 0 Å². The molecule has 0 aromatic rings. The van der Waals surface area contributed by atoms with E-state index in [2.05, 4.69) is 45.2 Å². The molecule has 0 saturated carbocycles. The van der Waals surface area contributed by atoms with E-state index in [9.17, 15) is 0 Å². The number of alkyl halides is 2. The van der Waals surface area contributed by atoms with Gasteiger partial charge in [0.25, 0.3) is 0 Å².